The van der Waals surface area contributed by atoms with Crippen LogP contribution in [0.15, 0.2) is 52.8 Å². The number of hydrogen-bond acceptors (Lipinski definition) is 8. The monoisotopic (exact) mass is 653 g/mol. The van der Waals surface area contributed by atoms with Crippen molar-refractivity contribution in [2.45, 2.75) is 50.6 Å². The van der Waals surface area contributed by atoms with E-state index in [1.165, 1.54) is 16.0 Å². The summed E-state index contributed by atoms with van der Waals surface area (Å²) in [4.78, 5) is 37.3. The molecule has 240 valence electrons. The second kappa shape index (κ2) is 11.0. The van der Waals surface area contributed by atoms with Crippen LogP contribution in [0.4, 0.5) is 19.0 Å². The number of hydrogen-bond donors (Lipinski definition) is 1. The molecule has 2 aromatic heterocycles. The average Bonchev–Trinajstić information content (AvgIpc) is 3.07. The Morgan fingerprint density at radius 2 is 1.85 bits per heavy atom. The Morgan fingerprint density at radius 3 is 2.50 bits per heavy atom. The number of nitrogens with zero attached hydrogens (tertiary/aromatic N) is 5. The molecule has 0 aliphatic carbocycles. The van der Waals surface area contributed by atoms with Crippen LogP contribution < -0.4 is 10.6 Å². The molecular weight excluding hydrogens is 623 g/mol. The van der Waals surface area contributed by atoms with Crippen LogP contribution in [0.1, 0.15) is 37.9 Å². The van der Waals surface area contributed by atoms with E-state index < -0.39 is 89.4 Å². The van der Waals surface area contributed by atoms with Crippen LogP contribution in [0, 0.1) is 24.4 Å². The van der Waals surface area contributed by atoms with Gasteiger partial charge in [0.2, 0.25) is 5.91 Å². The molecule has 46 heavy (non-hydrogen) atoms. The summed E-state index contributed by atoms with van der Waals surface area (Å²) in [6, 6.07) is 3.03. The second-order valence-corrected chi connectivity index (χ2v) is 13.9. The van der Waals surface area contributed by atoms with E-state index >= 15 is 13.2 Å². The first-order valence-electron chi connectivity index (χ1n) is 14.5. The number of benzene rings is 2. The predicted molar refractivity (Wildman–Crippen MR) is 165 cm³/mol. The van der Waals surface area contributed by atoms with Crippen molar-refractivity contribution >= 4 is 32.5 Å². The van der Waals surface area contributed by atoms with E-state index in [1.807, 2.05) is 0 Å². The minimum atomic E-state index is -4.70. The third-order valence-electron chi connectivity index (χ3n) is 8.61. The summed E-state index contributed by atoms with van der Waals surface area (Å²) < 4.78 is 78.6. The molecule has 2 unspecified atom stereocenters. The molecule has 2 aliphatic heterocycles. The zero-order chi connectivity index (χ0) is 33.4. The van der Waals surface area contributed by atoms with Crippen LogP contribution in [0.25, 0.3) is 27.7 Å². The van der Waals surface area contributed by atoms with E-state index in [9.17, 15) is 23.1 Å². The number of halogens is 3. The fourth-order valence-electron chi connectivity index (χ4n) is 6.54. The SMILES string of the molecule is C=CC(=O)N1CC2CS(=O)(=O)c3c(F)c(-c4c(O)cccc4F)c(F)c4c3c(nc(=O)n4-c3c(C)ccnc3C(C)C)N2CC1C. The number of amides is 1. The van der Waals surface area contributed by atoms with Crippen LogP contribution in [-0.4, -0.2) is 69.8 Å². The molecule has 4 heterocycles. The molecule has 0 radical (unpaired) electrons. The first kappa shape index (κ1) is 31.3. The minimum absolute atomic E-state index is 0.0208. The number of aromatic hydroxyl groups is 1. The summed E-state index contributed by atoms with van der Waals surface area (Å²) >= 11 is 0. The number of carbonyl (C=O) groups is 1. The van der Waals surface area contributed by atoms with Crippen LogP contribution >= 0.6 is 0 Å². The molecule has 2 atom stereocenters. The summed E-state index contributed by atoms with van der Waals surface area (Å²) in [5.41, 5.74) is -2.84. The van der Waals surface area contributed by atoms with Gasteiger partial charge in [-0.05, 0) is 49.6 Å². The molecule has 10 nitrogen and oxygen atoms in total. The lowest BCUT2D eigenvalue weighted by Gasteiger charge is -2.44. The highest BCUT2D eigenvalue weighted by molar-refractivity contribution is 7.91. The van der Waals surface area contributed by atoms with Gasteiger partial charge >= 0.3 is 5.69 Å². The Kier molecular flexibility index (Phi) is 7.45. The normalized spacial score (nSPS) is 18.9. The summed E-state index contributed by atoms with van der Waals surface area (Å²) in [5, 5.41) is 10.1. The van der Waals surface area contributed by atoms with Crippen LogP contribution in [0.2, 0.25) is 0 Å². The van der Waals surface area contributed by atoms with Crippen LogP contribution in [0.5, 0.6) is 5.75 Å². The molecule has 1 amide bonds. The van der Waals surface area contributed by atoms with Gasteiger partial charge in [-0.1, -0.05) is 26.5 Å². The molecule has 0 spiro atoms. The Balaban J connectivity index is 1.84. The standard InChI is InChI=1S/C32H30F3N5O5S/c1-6-21(42)38-13-18-14-46(44,45)30-24-29(25(34)23(26(30)35)22-19(33)8-7-9-20(22)41)40(28-16(4)10-11-36-27(28)15(2)3)32(43)37-31(24)39(18)12-17(38)5/h6-11,15,17-18,41H,1,12-14H2,2-5H3. The number of phenolic OH excluding ortho intramolecular Hbond substituents is 1. The maximum atomic E-state index is 17.2. The number of carbonyl (C=O) groups excluding carboxylic acids is 1. The Hall–Kier alpha value is -4.72. The van der Waals surface area contributed by atoms with Gasteiger partial charge in [-0.3, -0.25) is 14.3 Å². The molecule has 1 fully saturated rings. The number of phenols is 1. The van der Waals surface area contributed by atoms with Gasteiger partial charge < -0.3 is 14.9 Å². The number of anilines is 1. The van der Waals surface area contributed by atoms with Crippen molar-refractivity contribution in [2.24, 2.45) is 0 Å². The highest BCUT2D eigenvalue weighted by Gasteiger charge is 2.45. The van der Waals surface area contributed by atoms with Crippen molar-refractivity contribution in [3.05, 3.63) is 82.3 Å². The van der Waals surface area contributed by atoms with Crippen molar-refractivity contribution in [1.82, 2.24) is 19.4 Å². The lowest BCUT2D eigenvalue weighted by molar-refractivity contribution is -0.128. The molecule has 14 heteroatoms. The quantitative estimate of drug-likeness (QED) is 0.254. The van der Waals surface area contributed by atoms with E-state index in [-0.39, 0.29) is 30.5 Å². The molecule has 1 saturated heterocycles. The number of piperazine rings is 1. The number of pyridine rings is 1. The van der Waals surface area contributed by atoms with Gasteiger partial charge in [0, 0.05) is 25.3 Å². The summed E-state index contributed by atoms with van der Waals surface area (Å²) in [5.74, 6) is -6.97. The topological polar surface area (TPSA) is 126 Å². The third-order valence-corrected chi connectivity index (χ3v) is 10.4. The molecule has 0 saturated carbocycles. The zero-order valence-corrected chi connectivity index (χ0v) is 26.2. The Bertz CT molecular complexity index is 2130. The van der Waals surface area contributed by atoms with Crippen molar-refractivity contribution in [3.8, 4) is 22.6 Å². The van der Waals surface area contributed by atoms with Gasteiger partial charge in [0.25, 0.3) is 0 Å². The van der Waals surface area contributed by atoms with Gasteiger partial charge in [-0.15, -0.1) is 0 Å². The van der Waals surface area contributed by atoms with Crippen molar-refractivity contribution < 1.29 is 31.5 Å². The molecule has 2 aromatic carbocycles. The summed E-state index contributed by atoms with van der Waals surface area (Å²) in [7, 11) is -4.70. The van der Waals surface area contributed by atoms with Gasteiger partial charge in [-0.2, -0.15) is 4.98 Å². The number of sulfone groups is 1. The maximum Gasteiger partial charge on any atom is 0.354 e. The predicted octanol–water partition coefficient (Wildman–Crippen LogP) is 4.38. The highest BCUT2D eigenvalue weighted by atomic mass is 32.2. The zero-order valence-electron chi connectivity index (χ0n) is 25.4. The molecule has 6 rings (SSSR count). The molecule has 2 aliphatic rings. The van der Waals surface area contributed by atoms with E-state index in [0.29, 0.717) is 11.3 Å². The first-order valence-corrected chi connectivity index (χ1v) is 16.2. The van der Waals surface area contributed by atoms with E-state index in [4.69, 9.17) is 0 Å². The van der Waals surface area contributed by atoms with E-state index in [2.05, 4.69) is 16.5 Å². The molecule has 1 N–H and O–H groups in total. The van der Waals surface area contributed by atoms with Gasteiger partial charge in [0.1, 0.15) is 22.3 Å². The minimum Gasteiger partial charge on any atom is -0.507 e. The Morgan fingerprint density at radius 1 is 1.13 bits per heavy atom. The second-order valence-electron chi connectivity index (χ2n) is 11.9. The Labute approximate surface area is 262 Å². The van der Waals surface area contributed by atoms with Crippen LogP contribution in [0.3, 0.4) is 0 Å². The fourth-order valence-corrected chi connectivity index (χ4v) is 8.37. The van der Waals surface area contributed by atoms with Gasteiger partial charge in [-0.25, -0.2) is 26.4 Å². The molecule has 0 bridgehead atoms. The van der Waals surface area contributed by atoms with Gasteiger partial charge in [0.15, 0.2) is 21.5 Å². The lowest BCUT2D eigenvalue weighted by atomic mass is 9.98. The van der Waals surface area contributed by atoms with Crippen molar-refractivity contribution in [2.75, 3.05) is 23.7 Å². The van der Waals surface area contributed by atoms with E-state index in [1.54, 1.807) is 33.8 Å². The van der Waals surface area contributed by atoms with E-state index in [0.717, 1.165) is 28.8 Å². The van der Waals surface area contributed by atoms with Gasteiger partial charge in [0.05, 0.1) is 45.2 Å². The fraction of sp³-hybridized carbons (Fsp3) is 0.312. The third kappa shape index (κ3) is 4.57. The average molecular weight is 654 g/mol. The first-order chi connectivity index (χ1) is 21.7. The smallest absolute Gasteiger partial charge is 0.354 e. The number of aromatic nitrogens is 3. The highest BCUT2D eigenvalue weighted by Crippen LogP contribution is 2.46. The number of rotatable bonds is 4. The largest absolute Gasteiger partial charge is 0.507 e. The maximum absolute atomic E-state index is 17.2. The van der Waals surface area contributed by atoms with Crippen molar-refractivity contribution in [1.29, 1.82) is 0 Å². The number of aryl methyl sites for hydroxylation is 1. The van der Waals surface area contributed by atoms with Crippen molar-refractivity contribution in [3.63, 3.8) is 0 Å². The summed E-state index contributed by atoms with van der Waals surface area (Å²) in [6.45, 7) is 10.3. The lowest BCUT2D eigenvalue weighted by Crippen LogP contribution is -2.60. The van der Waals surface area contributed by atoms with Crippen LogP contribution in [-0.2, 0) is 14.6 Å². The summed E-state index contributed by atoms with van der Waals surface area (Å²) in [6.07, 6.45) is 2.59. The molecule has 4 aromatic rings. The number of fused-ring (bicyclic) bond motifs is 2. The molecular formula is C32H30F3N5O5S.